The molecule has 4 heteroatoms. The van der Waals surface area contributed by atoms with Crippen molar-refractivity contribution < 1.29 is 14.0 Å². The first-order valence-electron chi connectivity index (χ1n) is 3.51. The molecule has 0 saturated heterocycles. The Kier molecular flexibility index (Phi) is 3.13. The molecule has 13 heavy (non-hydrogen) atoms. The highest BCUT2D eigenvalue weighted by molar-refractivity contribution is 14.1. The molecule has 0 atom stereocenters. The molecule has 0 aromatic heterocycles. The molecule has 0 aliphatic carbocycles. The smallest absolute Gasteiger partial charge is 0.159 e. The minimum atomic E-state index is -0.646. The highest BCUT2D eigenvalue weighted by Gasteiger charge is 2.10. The summed E-state index contributed by atoms with van der Waals surface area (Å²) in [5.74, 6) is -0.860. The van der Waals surface area contributed by atoms with Crippen LogP contribution in [0.25, 0.3) is 0 Å². The molecule has 0 spiro atoms. The van der Waals surface area contributed by atoms with Crippen LogP contribution in [-0.4, -0.2) is 12.1 Å². The average molecular weight is 292 g/mol. The van der Waals surface area contributed by atoms with Gasteiger partial charge in [-0.1, -0.05) is 0 Å². The maximum absolute atomic E-state index is 13.1. The lowest BCUT2D eigenvalue weighted by atomic mass is 10.1. The lowest BCUT2D eigenvalue weighted by Gasteiger charge is -2.01. The van der Waals surface area contributed by atoms with Crippen molar-refractivity contribution in [1.82, 2.24) is 0 Å². The number of carbonyl (C=O) groups excluding carboxylic acids is 2. The van der Waals surface area contributed by atoms with Crippen molar-refractivity contribution in [3.63, 3.8) is 0 Å². The number of aldehydes is 1. The fourth-order valence-electron chi connectivity index (χ4n) is 0.900. The van der Waals surface area contributed by atoms with Crippen molar-refractivity contribution in [2.75, 3.05) is 0 Å². The molecule has 0 heterocycles. The average Bonchev–Trinajstić information content (AvgIpc) is 2.03. The molecular formula is C9H6FIO2. The van der Waals surface area contributed by atoms with E-state index in [0.717, 1.165) is 6.07 Å². The van der Waals surface area contributed by atoms with Crippen LogP contribution in [0.5, 0.6) is 0 Å². The van der Waals surface area contributed by atoms with Gasteiger partial charge in [-0.3, -0.25) is 9.59 Å². The van der Waals surface area contributed by atoms with Crippen LogP contribution in [0.4, 0.5) is 4.39 Å². The van der Waals surface area contributed by atoms with Crippen molar-refractivity contribution >= 4 is 34.7 Å². The molecule has 1 aromatic carbocycles. The zero-order valence-corrected chi connectivity index (χ0v) is 8.96. The van der Waals surface area contributed by atoms with E-state index in [1.807, 2.05) is 22.6 Å². The fraction of sp³-hybridized carbons (Fsp3) is 0.111. The van der Waals surface area contributed by atoms with Gasteiger partial charge in [-0.05, 0) is 41.6 Å². The van der Waals surface area contributed by atoms with E-state index >= 15 is 0 Å². The Labute approximate surface area is 88.3 Å². The lowest BCUT2D eigenvalue weighted by Crippen LogP contribution is -1.99. The van der Waals surface area contributed by atoms with Crippen molar-refractivity contribution in [2.24, 2.45) is 0 Å². The molecule has 0 bridgehead atoms. The van der Waals surface area contributed by atoms with Crippen LogP contribution in [0.15, 0.2) is 12.1 Å². The lowest BCUT2D eigenvalue weighted by molar-refractivity contribution is 0.101. The van der Waals surface area contributed by atoms with E-state index in [1.54, 1.807) is 0 Å². The summed E-state index contributed by atoms with van der Waals surface area (Å²) in [7, 11) is 0. The van der Waals surface area contributed by atoms with Crippen LogP contribution >= 0.6 is 22.6 Å². The van der Waals surface area contributed by atoms with Crippen LogP contribution in [0, 0.1) is 9.39 Å². The van der Waals surface area contributed by atoms with Crippen LogP contribution in [0.1, 0.15) is 27.6 Å². The molecule has 1 aromatic rings. The van der Waals surface area contributed by atoms with E-state index in [0.29, 0.717) is 9.86 Å². The van der Waals surface area contributed by atoms with Crippen molar-refractivity contribution in [2.45, 2.75) is 6.92 Å². The Morgan fingerprint density at radius 3 is 2.54 bits per heavy atom. The van der Waals surface area contributed by atoms with Gasteiger partial charge in [0.15, 0.2) is 12.1 Å². The second kappa shape index (κ2) is 3.95. The molecule has 0 radical (unpaired) electrons. The molecule has 0 fully saturated rings. The number of ketones is 1. The van der Waals surface area contributed by atoms with Gasteiger partial charge in [-0.15, -0.1) is 0 Å². The Bertz CT molecular complexity index is 351. The van der Waals surface area contributed by atoms with Gasteiger partial charge in [0, 0.05) is 9.13 Å². The van der Waals surface area contributed by atoms with Gasteiger partial charge in [-0.25, -0.2) is 4.39 Å². The third kappa shape index (κ3) is 2.12. The van der Waals surface area contributed by atoms with E-state index in [4.69, 9.17) is 0 Å². The molecule has 0 aliphatic heterocycles. The number of hydrogen-bond acceptors (Lipinski definition) is 2. The predicted octanol–water partition coefficient (Wildman–Crippen LogP) is 2.45. The number of benzene rings is 1. The highest BCUT2D eigenvalue weighted by atomic mass is 127. The van der Waals surface area contributed by atoms with E-state index in [1.165, 1.54) is 13.0 Å². The maximum Gasteiger partial charge on any atom is 0.159 e. The van der Waals surface area contributed by atoms with Gasteiger partial charge in [-0.2, -0.15) is 0 Å². The topological polar surface area (TPSA) is 34.1 Å². The van der Waals surface area contributed by atoms with Gasteiger partial charge < -0.3 is 0 Å². The van der Waals surface area contributed by atoms with E-state index in [-0.39, 0.29) is 16.9 Å². The third-order valence-corrected chi connectivity index (χ3v) is 2.50. The fourth-order valence-corrected chi connectivity index (χ4v) is 1.62. The van der Waals surface area contributed by atoms with Crippen molar-refractivity contribution in [1.29, 1.82) is 0 Å². The zero-order chi connectivity index (χ0) is 10.0. The van der Waals surface area contributed by atoms with Gasteiger partial charge >= 0.3 is 0 Å². The standard InChI is InChI=1S/C9H6FIO2/c1-5(13)6-2-8(10)7(4-12)9(11)3-6/h2-4H,1H3. The Morgan fingerprint density at radius 2 is 2.15 bits per heavy atom. The summed E-state index contributed by atoms with van der Waals surface area (Å²) in [6.07, 6.45) is 0.445. The van der Waals surface area contributed by atoms with E-state index in [2.05, 4.69) is 0 Å². The number of rotatable bonds is 2. The predicted molar refractivity (Wildman–Crippen MR) is 54.5 cm³/mol. The molecule has 68 valence electrons. The summed E-state index contributed by atoms with van der Waals surface area (Å²) >= 11 is 1.82. The van der Waals surface area contributed by atoms with Crippen molar-refractivity contribution in [3.8, 4) is 0 Å². The summed E-state index contributed by atoms with van der Waals surface area (Å²) in [6.45, 7) is 1.35. The van der Waals surface area contributed by atoms with Gasteiger partial charge in [0.1, 0.15) is 5.82 Å². The molecular weight excluding hydrogens is 286 g/mol. The molecule has 0 N–H and O–H groups in total. The largest absolute Gasteiger partial charge is 0.298 e. The van der Waals surface area contributed by atoms with Crippen LogP contribution in [-0.2, 0) is 0 Å². The minimum absolute atomic E-state index is 0.00519. The van der Waals surface area contributed by atoms with Gasteiger partial charge in [0.2, 0.25) is 0 Å². The summed E-state index contributed by atoms with van der Waals surface area (Å²) in [6, 6.07) is 2.57. The summed E-state index contributed by atoms with van der Waals surface area (Å²) in [4.78, 5) is 21.3. The zero-order valence-electron chi connectivity index (χ0n) is 6.80. The third-order valence-electron chi connectivity index (χ3n) is 1.60. The van der Waals surface area contributed by atoms with Crippen LogP contribution < -0.4 is 0 Å². The molecule has 0 aliphatic rings. The number of hydrogen-bond donors (Lipinski definition) is 0. The normalized spacial score (nSPS) is 9.77. The number of Topliss-reactive ketones (excluding diaryl/α,β-unsaturated/α-hetero) is 1. The maximum atomic E-state index is 13.1. The SMILES string of the molecule is CC(=O)c1cc(F)c(C=O)c(I)c1. The van der Waals surface area contributed by atoms with Crippen LogP contribution in [0.2, 0.25) is 0 Å². The Hall–Kier alpha value is -0.780. The molecule has 2 nitrogen and oxygen atoms in total. The van der Waals surface area contributed by atoms with Crippen LogP contribution in [0.3, 0.4) is 0 Å². The quantitative estimate of drug-likeness (QED) is 0.476. The first-order valence-corrected chi connectivity index (χ1v) is 4.59. The minimum Gasteiger partial charge on any atom is -0.298 e. The summed E-state index contributed by atoms with van der Waals surface area (Å²) in [5, 5.41) is 0. The van der Waals surface area contributed by atoms with Gasteiger partial charge in [0.25, 0.3) is 0 Å². The molecule has 0 amide bonds. The van der Waals surface area contributed by atoms with Gasteiger partial charge in [0.05, 0.1) is 5.56 Å². The molecule has 1 rings (SSSR count). The van der Waals surface area contributed by atoms with E-state index in [9.17, 15) is 14.0 Å². The number of halogens is 2. The number of carbonyl (C=O) groups is 2. The monoisotopic (exact) mass is 292 g/mol. The Morgan fingerprint density at radius 1 is 1.54 bits per heavy atom. The molecule has 0 saturated carbocycles. The second-order valence-corrected chi connectivity index (χ2v) is 3.69. The summed E-state index contributed by atoms with van der Waals surface area (Å²) in [5.41, 5.74) is 0.290. The van der Waals surface area contributed by atoms with Crippen molar-refractivity contribution in [3.05, 3.63) is 32.6 Å². The summed E-state index contributed by atoms with van der Waals surface area (Å²) < 4.78 is 13.5. The highest BCUT2D eigenvalue weighted by Crippen LogP contribution is 2.17. The molecule has 0 unspecified atom stereocenters. The Balaban J connectivity index is 3.36. The second-order valence-electron chi connectivity index (χ2n) is 2.53. The first kappa shape index (κ1) is 10.3. The first-order chi connectivity index (χ1) is 6.06. The van der Waals surface area contributed by atoms with E-state index < -0.39 is 5.82 Å².